The van der Waals surface area contributed by atoms with Crippen LogP contribution in [0.5, 0.6) is 0 Å². The van der Waals surface area contributed by atoms with Crippen molar-refractivity contribution in [2.75, 3.05) is 6.26 Å². The molecule has 0 fully saturated rings. The van der Waals surface area contributed by atoms with Crippen LogP contribution in [0.4, 0.5) is 0 Å². The average molecular weight is 334 g/mol. The standard InChI is InChI=1S/C19H18N4S/c1-13-21-16-10-6-9-15(17(16)22-13)18(14-7-4-3-5-8-14)23-12-11-20-19(23)24-2/h3-12,18H,1-2H3,(H,21,22). The number of thioether (sulfide) groups is 1. The number of imidazole rings is 2. The number of hydrogen-bond donors (Lipinski definition) is 1. The monoisotopic (exact) mass is 334 g/mol. The first kappa shape index (κ1) is 15.0. The lowest BCUT2D eigenvalue weighted by atomic mass is 9.97. The SMILES string of the molecule is CSc1nccn1C(c1ccccc1)c1cccc2[nH]c(C)nc12. The number of para-hydroxylation sites is 1. The van der Waals surface area contributed by atoms with Gasteiger partial charge in [0.2, 0.25) is 0 Å². The molecule has 2 aromatic carbocycles. The molecule has 4 nitrogen and oxygen atoms in total. The molecule has 1 atom stereocenters. The van der Waals surface area contributed by atoms with Crippen molar-refractivity contribution in [3.05, 3.63) is 77.9 Å². The molecule has 1 unspecified atom stereocenters. The van der Waals surface area contributed by atoms with E-state index in [0.717, 1.165) is 22.0 Å². The maximum atomic E-state index is 4.73. The van der Waals surface area contributed by atoms with Gasteiger partial charge in [-0.2, -0.15) is 0 Å². The van der Waals surface area contributed by atoms with E-state index in [-0.39, 0.29) is 6.04 Å². The highest BCUT2D eigenvalue weighted by Crippen LogP contribution is 2.33. The molecule has 0 aliphatic carbocycles. The lowest BCUT2D eigenvalue weighted by molar-refractivity contribution is 0.618. The van der Waals surface area contributed by atoms with Crippen LogP contribution in [-0.4, -0.2) is 25.8 Å². The molecule has 2 heterocycles. The Morgan fingerprint density at radius 1 is 1.08 bits per heavy atom. The van der Waals surface area contributed by atoms with Crippen molar-refractivity contribution in [3.63, 3.8) is 0 Å². The summed E-state index contributed by atoms with van der Waals surface area (Å²) in [6.45, 7) is 1.99. The number of aromatic nitrogens is 4. The van der Waals surface area contributed by atoms with E-state index in [1.54, 1.807) is 11.8 Å². The highest BCUT2D eigenvalue weighted by molar-refractivity contribution is 7.98. The molecule has 0 aliphatic heterocycles. The van der Waals surface area contributed by atoms with Gasteiger partial charge in [0.25, 0.3) is 0 Å². The molecule has 0 amide bonds. The number of nitrogens with zero attached hydrogens (tertiary/aromatic N) is 3. The maximum absolute atomic E-state index is 4.73. The molecule has 5 heteroatoms. The fourth-order valence-electron chi connectivity index (χ4n) is 3.18. The molecule has 120 valence electrons. The summed E-state index contributed by atoms with van der Waals surface area (Å²) in [6, 6.07) is 16.9. The van der Waals surface area contributed by atoms with Gasteiger partial charge in [-0.15, -0.1) is 0 Å². The Kier molecular flexibility index (Phi) is 3.86. The lowest BCUT2D eigenvalue weighted by Gasteiger charge is -2.22. The van der Waals surface area contributed by atoms with Gasteiger partial charge in [0.15, 0.2) is 5.16 Å². The predicted molar refractivity (Wildman–Crippen MR) is 98.5 cm³/mol. The first-order valence-corrected chi connectivity index (χ1v) is 9.07. The van der Waals surface area contributed by atoms with E-state index in [4.69, 9.17) is 4.98 Å². The van der Waals surface area contributed by atoms with E-state index in [1.807, 2.05) is 25.4 Å². The molecule has 0 spiro atoms. The van der Waals surface area contributed by atoms with Crippen molar-refractivity contribution in [2.24, 2.45) is 0 Å². The average Bonchev–Trinajstić information content (AvgIpc) is 3.22. The van der Waals surface area contributed by atoms with Crippen LogP contribution in [0.1, 0.15) is 23.0 Å². The fourth-order valence-corrected chi connectivity index (χ4v) is 3.72. The Morgan fingerprint density at radius 2 is 1.92 bits per heavy atom. The second-order valence-corrected chi connectivity index (χ2v) is 6.47. The van der Waals surface area contributed by atoms with Crippen molar-refractivity contribution in [1.29, 1.82) is 0 Å². The number of hydrogen-bond acceptors (Lipinski definition) is 3. The molecule has 0 saturated carbocycles. The van der Waals surface area contributed by atoms with Crippen LogP contribution in [0.15, 0.2) is 66.1 Å². The van der Waals surface area contributed by atoms with Gasteiger partial charge in [-0.05, 0) is 24.8 Å². The van der Waals surface area contributed by atoms with Crippen LogP contribution in [0.2, 0.25) is 0 Å². The normalized spacial score (nSPS) is 12.6. The third-order valence-electron chi connectivity index (χ3n) is 4.17. The molecule has 0 aliphatic rings. The summed E-state index contributed by atoms with van der Waals surface area (Å²) in [5, 5.41) is 0.994. The van der Waals surface area contributed by atoms with E-state index < -0.39 is 0 Å². The summed E-state index contributed by atoms with van der Waals surface area (Å²) in [7, 11) is 0. The molecular formula is C19H18N4S. The van der Waals surface area contributed by atoms with Crippen LogP contribution >= 0.6 is 11.8 Å². The minimum absolute atomic E-state index is 0.0440. The maximum Gasteiger partial charge on any atom is 0.168 e. The minimum Gasteiger partial charge on any atom is -0.342 e. The fraction of sp³-hybridized carbons (Fsp3) is 0.158. The Labute approximate surface area is 145 Å². The van der Waals surface area contributed by atoms with Crippen LogP contribution in [0.3, 0.4) is 0 Å². The number of aryl methyl sites for hydroxylation is 1. The number of nitrogens with one attached hydrogen (secondary N) is 1. The number of aromatic amines is 1. The van der Waals surface area contributed by atoms with Gasteiger partial charge in [0.1, 0.15) is 5.82 Å². The second-order valence-electron chi connectivity index (χ2n) is 5.70. The number of fused-ring (bicyclic) bond motifs is 1. The second kappa shape index (κ2) is 6.17. The Hall–Kier alpha value is -2.53. The molecule has 0 bridgehead atoms. The van der Waals surface area contributed by atoms with E-state index >= 15 is 0 Å². The quantitative estimate of drug-likeness (QED) is 0.562. The van der Waals surface area contributed by atoms with E-state index in [9.17, 15) is 0 Å². The van der Waals surface area contributed by atoms with Crippen molar-refractivity contribution in [2.45, 2.75) is 18.1 Å². The van der Waals surface area contributed by atoms with Crippen molar-refractivity contribution in [1.82, 2.24) is 19.5 Å². The van der Waals surface area contributed by atoms with E-state index in [0.29, 0.717) is 0 Å². The summed E-state index contributed by atoms with van der Waals surface area (Å²) in [5.74, 6) is 0.931. The molecular weight excluding hydrogens is 316 g/mol. The zero-order valence-electron chi connectivity index (χ0n) is 13.6. The van der Waals surface area contributed by atoms with Gasteiger partial charge < -0.3 is 9.55 Å². The van der Waals surface area contributed by atoms with Gasteiger partial charge in [0, 0.05) is 18.0 Å². The van der Waals surface area contributed by atoms with Crippen molar-refractivity contribution in [3.8, 4) is 0 Å². The third-order valence-corrected chi connectivity index (χ3v) is 4.85. The zero-order valence-corrected chi connectivity index (χ0v) is 14.4. The van der Waals surface area contributed by atoms with Gasteiger partial charge in [0.05, 0.1) is 17.1 Å². The van der Waals surface area contributed by atoms with Crippen LogP contribution < -0.4 is 0 Å². The van der Waals surface area contributed by atoms with E-state index in [1.165, 1.54) is 11.1 Å². The molecule has 4 aromatic rings. The van der Waals surface area contributed by atoms with Crippen molar-refractivity contribution >= 4 is 22.8 Å². The summed E-state index contributed by atoms with van der Waals surface area (Å²) >= 11 is 1.65. The first-order valence-electron chi connectivity index (χ1n) is 7.85. The molecule has 1 N–H and O–H groups in total. The first-order chi connectivity index (χ1) is 11.8. The van der Waals surface area contributed by atoms with E-state index in [2.05, 4.69) is 63.3 Å². The molecule has 0 saturated heterocycles. The van der Waals surface area contributed by atoms with Crippen LogP contribution in [0.25, 0.3) is 11.0 Å². The van der Waals surface area contributed by atoms with Gasteiger partial charge >= 0.3 is 0 Å². The topological polar surface area (TPSA) is 46.5 Å². The summed E-state index contributed by atoms with van der Waals surface area (Å²) < 4.78 is 2.22. The highest BCUT2D eigenvalue weighted by atomic mass is 32.2. The van der Waals surface area contributed by atoms with Gasteiger partial charge in [-0.3, -0.25) is 0 Å². The van der Waals surface area contributed by atoms with Crippen LogP contribution in [-0.2, 0) is 0 Å². The number of rotatable bonds is 4. The van der Waals surface area contributed by atoms with Crippen LogP contribution in [0, 0.1) is 6.92 Å². The summed E-state index contributed by atoms with van der Waals surface area (Å²) in [5.41, 5.74) is 4.48. The Bertz CT molecular complexity index is 971. The Balaban J connectivity index is 1.99. The highest BCUT2D eigenvalue weighted by Gasteiger charge is 2.22. The van der Waals surface area contributed by atoms with Gasteiger partial charge in [-0.1, -0.05) is 54.2 Å². The zero-order chi connectivity index (χ0) is 16.5. The Morgan fingerprint density at radius 3 is 2.71 bits per heavy atom. The van der Waals surface area contributed by atoms with Gasteiger partial charge in [-0.25, -0.2) is 9.97 Å². The molecule has 24 heavy (non-hydrogen) atoms. The van der Waals surface area contributed by atoms with Crippen molar-refractivity contribution < 1.29 is 0 Å². The third kappa shape index (κ3) is 2.51. The molecule has 2 aromatic heterocycles. The largest absolute Gasteiger partial charge is 0.342 e. The smallest absolute Gasteiger partial charge is 0.168 e. The molecule has 4 rings (SSSR count). The predicted octanol–water partition coefficient (Wildman–Crippen LogP) is 4.43. The number of H-pyrrole nitrogens is 1. The lowest BCUT2D eigenvalue weighted by Crippen LogP contribution is -2.13. The minimum atomic E-state index is 0.0440. The number of benzene rings is 2. The molecule has 0 radical (unpaired) electrons. The summed E-state index contributed by atoms with van der Waals surface area (Å²) in [4.78, 5) is 12.6. The summed E-state index contributed by atoms with van der Waals surface area (Å²) in [6.07, 6.45) is 5.96.